The summed E-state index contributed by atoms with van der Waals surface area (Å²) in [6, 6.07) is 8.72. The van der Waals surface area contributed by atoms with Crippen molar-refractivity contribution in [2.24, 2.45) is 0 Å². The largest absolute Gasteiger partial charge is 0.307 e. The van der Waals surface area contributed by atoms with E-state index < -0.39 is 10.0 Å². The van der Waals surface area contributed by atoms with Crippen LogP contribution in [0.25, 0.3) is 0 Å². The molecule has 0 radical (unpaired) electrons. The highest BCUT2D eigenvalue weighted by molar-refractivity contribution is 7.92. The summed E-state index contributed by atoms with van der Waals surface area (Å²) < 4.78 is 27.8. The van der Waals surface area contributed by atoms with Crippen LogP contribution in [0.15, 0.2) is 42.9 Å². The van der Waals surface area contributed by atoms with Gasteiger partial charge in [-0.15, -0.1) is 0 Å². The summed E-state index contributed by atoms with van der Waals surface area (Å²) >= 11 is 0. The molecular formula is C21H24N6O3S. The van der Waals surface area contributed by atoms with Gasteiger partial charge in [0.1, 0.15) is 12.1 Å². The number of rotatable bonds is 5. The van der Waals surface area contributed by atoms with Crippen LogP contribution >= 0.6 is 0 Å². The molecule has 1 atom stereocenters. The summed E-state index contributed by atoms with van der Waals surface area (Å²) in [5.74, 6) is 0.285. The standard InChI is InChI=1S/C21H24N6O3S/c1-13(2)26-12-23-20(25-26)17-11-27(31(4,29)30)18-7-6-15(9-16(17)18)21(28)24-19-8-5-14(3)10-22-19/h5-10,12-13,17H,11H2,1-4H3,(H,22,24,28). The molecular weight excluding hydrogens is 416 g/mol. The van der Waals surface area contributed by atoms with Crippen LogP contribution in [0, 0.1) is 6.92 Å². The van der Waals surface area contributed by atoms with Crippen molar-refractivity contribution in [2.45, 2.75) is 32.7 Å². The van der Waals surface area contributed by atoms with Gasteiger partial charge in [0.2, 0.25) is 10.0 Å². The number of pyridine rings is 1. The lowest BCUT2D eigenvalue weighted by atomic mass is 9.98. The number of anilines is 2. The maximum atomic E-state index is 12.8. The van der Waals surface area contributed by atoms with Gasteiger partial charge in [0.05, 0.1) is 17.9 Å². The number of sulfonamides is 1. The fourth-order valence-electron chi connectivity index (χ4n) is 3.53. The van der Waals surface area contributed by atoms with Crippen LogP contribution in [-0.4, -0.2) is 46.9 Å². The molecule has 0 bridgehead atoms. The Kier molecular flexibility index (Phi) is 5.26. The van der Waals surface area contributed by atoms with E-state index in [1.54, 1.807) is 41.5 Å². The van der Waals surface area contributed by atoms with Crippen LogP contribution in [-0.2, 0) is 10.0 Å². The number of carbonyl (C=O) groups is 1. The first-order valence-electron chi connectivity index (χ1n) is 9.90. The Morgan fingerprint density at radius 1 is 1.19 bits per heavy atom. The molecule has 3 aromatic rings. The Morgan fingerprint density at radius 2 is 1.97 bits per heavy atom. The Hall–Kier alpha value is -3.27. The number of carbonyl (C=O) groups excluding carboxylic acids is 1. The van der Waals surface area contributed by atoms with Crippen LogP contribution in [0.5, 0.6) is 0 Å². The second-order valence-corrected chi connectivity index (χ2v) is 9.88. The zero-order valence-electron chi connectivity index (χ0n) is 17.8. The highest BCUT2D eigenvalue weighted by atomic mass is 32.2. The van der Waals surface area contributed by atoms with Crippen LogP contribution in [0.4, 0.5) is 11.5 Å². The summed E-state index contributed by atoms with van der Waals surface area (Å²) in [6.07, 6.45) is 4.49. The first-order chi connectivity index (χ1) is 14.6. The van der Waals surface area contributed by atoms with Crippen molar-refractivity contribution in [3.05, 3.63) is 65.4 Å². The summed E-state index contributed by atoms with van der Waals surface area (Å²) in [5.41, 5.74) is 2.65. The minimum Gasteiger partial charge on any atom is -0.307 e. The summed E-state index contributed by atoms with van der Waals surface area (Å²) in [7, 11) is -3.49. The lowest BCUT2D eigenvalue weighted by molar-refractivity contribution is 0.102. The lowest BCUT2D eigenvalue weighted by Gasteiger charge is -2.16. The number of nitrogens with zero attached hydrogens (tertiary/aromatic N) is 5. The van der Waals surface area contributed by atoms with Gasteiger partial charge in [0, 0.05) is 24.3 Å². The molecule has 0 spiro atoms. The topological polar surface area (TPSA) is 110 Å². The number of benzene rings is 1. The second kappa shape index (κ2) is 7.77. The normalized spacial score (nSPS) is 15.9. The van der Waals surface area contributed by atoms with Crippen LogP contribution in [0.2, 0.25) is 0 Å². The molecule has 0 saturated heterocycles. The number of amides is 1. The number of aryl methyl sites for hydroxylation is 1. The van der Waals surface area contributed by atoms with Gasteiger partial charge in [-0.25, -0.2) is 18.4 Å². The molecule has 1 amide bonds. The SMILES string of the molecule is Cc1ccc(NC(=O)c2ccc3c(c2)C(c2ncn(C(C)C)n2)CN3S(C)(=O)=O)nc1. The molecule has 9 nitrogen and oxygen atoms in total. The highest BCUT2D eigenvalue weighted by Crippen LogP contribution is 2.41. The maximum absolute atomic E-state index is 12.8. The minimum absolute atomic E-state index is 0.132. The Bertz CT molecular complexity index is 1230. The van der Waals surface area contributed by atoms with E-state index in [0.717, 1.165) is 5.56 Å². The van der Waals surface area contributed by atoms with Gasteiger partial charge in [0.15, 0.2) is 5.82 Å². The molecule has 10 heteroatoms. The summed E-state index contributed by atoms with van der Waals surface area (Å²) in [4.78, 5) is 21.4. The van der Waals surface area contributed by atoms with Crippen molar-refractivity contribution in [2.75, 3.05) is 22.4 Å². The lowest BCUT2D eigenvalue weighted by Crippen LogP contribution is -2.29. The summed E-state index contributed by atoms with van der Waals surface area (Å²) in [5, 5.41) is 7.31. The second-order valence-electron chi connectivity index (χ2n) is 7.97. The van der Waals surface area contributed by atoms with E-state index in [4.69, 9.17) is 0 Å². The molecule has 1 aromatic carbocycles. The quantitative estimate of drug-likeness (QED) is 0.653. The van der Waals surface area contributed by atoms with Crippen molar-refractivity contribution in [1.29, 1.82) is 0 Å². The van der Waals surface area contributed by atoms with E-state index in [1.807, 2.05) is 26.8 Å². The van der Waals surface area contributed by atoms with Crippen LogP contribution < -0.4 is 9.62 Å². The number of hydrogen-bond donors (Lipinski definition) is 1. The Morgan fingerprint density at radius 3 is 2.58 bits per heavy atom. The van der Waals surface area contributed by atoms with E-state index in [1.165, 1.54) is 10.6 Å². The van der Waals surface area contributed by atoms with E-state index >= 15 is 0 Å². The molecule has 0 aliphatic carbocycles. The van der Waals surface area contributed by atoms with E-state index in [0.29, 0.717) is 28.5 Å². The Labute approximate surface area is 181 Å². The molecule has 0 saturated carbocycles. The van der Waals surface area contributed by atoms with Gasteiger partial charge in [-0.2, -0.15) is 5.10 Å². The van der Waals surface area contributed by atoms with Crippen molar-refractivity contribution < 1.29 is 13.2 Å². The maximum Gasteiger partial charge on any atom is 0.256 e. The molecule has 1 unspecified atom stereocenters. The molecule has 2 aromatic heterocycles. The monoisotopic (exact) mass is 440 g/mol. The molecule has 1 N–H and O–H groups in total. The highest BCUT2D eigenvalue weighted by Gasteiger charge is 2.37. The van der Waals surface area contributed by atoms with E-state index in [-0.39, 0.29) is 24.4 Å². The molecule has 1 aliphatic heterocycles. The van der Waals surface area contributed by atoms with Gasteiger partial charge in [-0.1, -0.05) is 6.07 Å². The van der Waals surface area contributed by atoms with Gasteiger partial charge in [-0.3, -0.25) is 13.8 Å². The fraction of sp³-hybridized carbons (Fsp3) is 0.333. The van der Waals surface area contributed by atoms with Gasteiger partial charge < -0.3 is 5.32 Å². The summed E-state index contributed by atoms with van der Waals surface area (Å²) in [6.45, 7) is 6.10. The first kappa shape index (κ1) is 21.0. The predicted molar refractivity (Wildman–Crippen MR) is 118 cm³/mol. The zero-order valence-corrected chi connectivity index (χ0v) is 18.6. The smallest absolute Gasteiger partial charge is 0.256 e. The minimum atomic E-state index is -3.49. The third-order valence-corrected chi connectivity index (χ3v) is 6.35. The van der Waals surface area contributed by atoms with Gasteiger partial charge >= 0.3 is 0 Å². The molecule has 3 heterocycles. The van der Waals surface area contributed by atoms with E-state index in [9.17, 15) is 13.2 Å². The number of nitrogens with one attached hydrogen (secondary N) is 1. The Balaban J connectivity index is 1.70. The number of fused-ring (bicyclic) bond motifs is 1. The van der Waals surface area contributed by atoms with Gasteiger partial charge in [-0.05, 0) is 56.2 Å². The average molecular weight is 441 g/mol. The van der Waals surface area contributed by atoms with Crippen LogP contribution in [0.1, 0.15) is 53.1 Å². The third kappa shape index (κ3) is 4.15. The number of aromatic nitrogens is 4. The third-order valence-electron chi connectivity index (χ3n) is 5.20. The molecule has 0 fully saturated rings. The molecule has 4 rings (SSSR count). The zero-order chi connectivity index (χ0) is 22.3. The molecule has 1 aliphatic rings. The molecule has 162 valence electrons. The average Bonchev–Trinajstić information content (AvgIpc) is 3.33. The van der Waals surface area contributed by atoms with Gasteiger partial charge in [0.25, 0.3) is 5.91 Å². The first-order valence-corrected chi connectivity index (χ1v) is 11.7. The number of hydrogen-bond acceptors (Lipinski definition) is 6. The fourth-order valence-corrected chi connectivity index (χ4v) is 4.47. The predicted octanol–water partition coefficient (Wildman–Crippen LogP) is 2.73. The van der Waals surface area contributed by atoms with Crippen LogP contribution in [0.3, 0.4) is 0 Å². The van der Waals surface area contributed by atoms with Crippen molar-refractivity contribution in [1.82, 2.24) is 19.7 Å². The van der Waals surface area contributed by atoms with Crippen molar-refractivity contribution in [3.8, 4) is 0 Å². The van der Waals surface area contributed by atoms with Crippen molar-refractivity contribution >= 4 is 27.4 Å². The van der Waals surface area contributed by atoms with E-state index in [2.05, 4.69) is 20.4 Å². The van der Waals surface area contributed by atoms with Crippen molar-refractivity contribution in [3.63, 3.8) is 0 Å². The molecule has 31 heavy (non-hydrogen) atoms.